The topological polar surface area (TPSA) is 128 Å². The molecule has 0 aliphatic carbocycles. The molecular weight excluding hydrogens is 418 g/mol. The Bertz CT molecular complexity index is 1150. The number of carbonyl (C=O) groups excluding carboxylic acids is 1. The first kappa shape index (κ1) is 20.4. The predicted octanol–water partition coefficient (Wildman–Crippen LogP) is 2.48. The molecule has 13 heteroatoms. The zero-order chi connectivity index (χ0) is 22.0. The highest BCUT2D eigenvalue weighted by Gasteiger charge is 2.24. The van der Waals surface area contributed by atoms with Gasteiger partial charge in [-0.05, 0) is 12.1 Å². The van der Waals surface area contributed by atoms with Gasteiger partial charge in [0.2, 0.25) is 5.58 Å². The smallest absolute Gasteiger partial charge is 0.418 e. The number of oxazole rings is 1. The normalized spacial score (nSPS) is 14.0. The van der Waals surface area contributed by atoms with Gasteiger partial charge in [-0.3, -0.25) is 10.00 Å². The van der Waals surface area contributed by atoms with Crippen LogP contribution in [0, 0.1) is 11.3 Å². The molecule has 11 nitrogen and oxygen atoms in total. The van der Waals surface area contributed by atoms with Crippen LogP contribution in [-0.4, -0.2) is 53.8 Å². The van der Waals surface area contributed by atoms with Crippen LogP contribution in [0.3, 0.4) is 0 Å². The number of benzene rings is 1. The molecular formula is C18H16F2N6O5. The first-order chi connectivity index (χ1) is 15.0. The number of morpholine rings is 1. The number of carbonyl (C=O) groups is 1. The Labute approximate surface area is 173 Å². The lowest BCUT2D eigenvalue weighted by Crippen LogP contribution is -2.36. The van der Waals surface area contributed by atoms with E-state index in [1.807, 2.05) is 6.07 Å². The van der Waals surface area contributed by atoms with Crippen molar-refractivity contribution in [3.05, 3.63) is 23.9 Å². The van der Waals surface area contributed by atoms with Crippen molar-refractivity contribution >= 4 is 29.0 Å². The number of nitrogens with zero attached hydrogens (tertiary/aromatic N) is 5. The molecule has 1 saturated heterocycles. The van der Waals surface area contributed by atoms with E-state index in [4.69, 9.17) is 19.2 Å². The summed E-state index contributed by atoms with van der Waals surface area (Å²) in [7, 11) is 1.54. The van der Waals surface area contributed by atoms with Crippen molar-refractivity contribution in [1.82, 2.24) is 14.8 Å². The summed E-state index contributed by atoms with van der Waals surface area (Å²) >= 11 is 0. The lowest BCUT2D eigenvalue weighted by Gasteiger charge is -2.24. The van der Waals surface area contributed by atoms with Crippen molar-refractivity contribution in [2.24, 2.45) is 7.05 Å². The molecule has 3 aromatic rings. The monoisotopic (exact) mass is 434 g/mol. The van der Waals surface area contributed by atoms with Gasteiger partial charge < -0.3 is 23.5 Å². The molecule has 4 rings (SSSR count). The average Bonchev–Trinajstić information content (AvgIpc) is 3.35. The zero-order valence-electron chi connectivity index (χ0n) is 16.2. The van der Waals surface area contributed by atoms with Crippen LogP contribution < -0.4 is 19.7 Å². The SMILES string of the molecule is Cn1ncc(C#N)c1NC(=O)Oc1ccc(OC(F)F)c2nc(N3CCOCC3)oc12. The van der Waals surface area contributed by atoms with E-state index in [0.717, 1.165) is 0 Å². The lowest BCUT2D eigenvalue weighted by atomic mass is 10.3. The second-order valence-corrected chi connectivity index (χ2v) is 6.37. The van der Waals surface area contributed by atoms with Gasteiger partial charge in [-0.1, -0.05) is 0 Å². The van der Waals surface area contributed by atoms with Crippen molar-refractivity contribution in [2.45, 2.75) is 6.61 Å². The minimum atomic E-state index is -3.07. The number of ether oxygens (including phenoxy) is 3. The van der Waals surface area contributed by atoms with Crippen LogP contribution in [0.15, 0.2) is 22.7 Å². The summed E-state index contributed by atoms with van der Waals surface area (Å²) in [6.45, 7) is -1.18. The number of aryl methyl sites for hydroxylation is 1. The molecule has 2 aromatic heterocycles. The number of nitrogens with one attached hydrogen (secondary N) is 1. The van der Waals surface area contributed by atoms with Gasteiger partial charge in [-0.2, -0.15) is 24.1 Å². The van der Waals surface area contributed by atoms with Gasteiger partial charge in [0.25, 0.3) is 6.01 Å². The van der Waals surface area contributed by atoms with Crippen LogP contribution in [0.4, 0.5) is 25.4 Å². The molecule has 0 bridgehead atoms. The fourth-order valence-corrected chi connectivity index (χ4v) is 3.00. The number of fused-ring (bicyclic) bond motifs is 1. The van der Waals surface area contributed by atoms with Crippen LogP contribution in [-0.2, 0) is 11.8 Å². The molecule has 1 amide bonds. The second kappa shape index (κ2) is 8.44. The van der Waals surface area contributed by atoms with Gasteiger partial charge >= 0.3 is 12.7 Å². The maximum Gasteiger partial charge on any atom is 0.418 e. The Hall–Kier alpha value is -3.92. The standard InChI is InChI=1S/C18H16F2N6O5/c1-25-15(10(8-21)9-22-25)24-18(27)30-12-3-2-11(29-16(19)20)13-14(12)31-17(23-13)26-4-6-28-7-5-26/h2-3,9,16H,4-7H2,1H3,(H,24,27). The second-order valence-electron chi connectivity index (χ2n) is 6.37. The largest absolute Gasteiger partial charge is 0.432 e. The van der Waals surface area contributed by atoms with E-state index in [-0.39, 0.29) is 40.0 Å². The molecule has 1 aliphatic rings. The highest BCUT2D eigenvalue weighted by atomic mass is 19.3. The molecule has 0 atom stereocenters. The summed E-state index contributed by atoms with van der Waals surface area (Å²) in [5.74, 6) is -0.158. The van der Waals surface area contributed by atoms with Crippen LogP contribution in [0.25, 0.3) is 11.1 Å². The first-order valence-corrected chi connectivity index (χ1v) is 9.08. The Balaban J connectivity index is 1.65. The fourth-order valence-electron chi connectivity index (χ4n) is 3.00. The maximum atomic E-state index is 12.8. The minimum absolute atomic E-state index is 0.0228. The van der Waals surface area contributed by atoms with Crippen LogP contribution >= 0.6 is 0 Å². The number of halogens is 2. The highest BCUT2D eigenvalue weighted by molar-refractivity contribution is 5.92. The third kappa shape index (κ3) is 4.19. The zero-order valence-corrected chi connectivity index (χ0v) is 16.2. The number of anilines is 2. The van der Waals surface area contributed by atoms with Gasteiger partial charge in [0.15, 0.2) is 22.8 Å². The molecule has 1 N–H and O–H groups in total. The Morgan fingerprint density at radius 1 is 1.32 bits per heavy atom. The van der Waals surface area contributed by atoms with Crippen LogP contribution in [0.5, 0.6) is 11.5 Å². The molecule has 162 valence electrons. The van der Waals surface area contributed by atoms with Crippen molar-refractivity contribution in [3.8, 4) is 17.6 Å². The van der Waals surface area contributed by atoms with E-state index in [1.54, 1.807) is 4.90 Å². The van der Waals surface area contributed by atoms with E-state index in [2.05, 4.69) is 20.1 Å². The number of rotatable bonds is 5. The van der Waals surface area contributed by atoms with Gasteiger partial charge in [0.1, 0.15) is 11.6 Å². The van der Waals surface area contributed by atoms with Crippen LogP contribution in [0.2, 0.25) is 0 Å². The molecule has 1 fully saturated rings. The summed E-state index contributed by atoms with van der Waals surface area (Å²) in [4.78, 5) is 18.4. The molecule has 0 unspecified atom stereocenters. The van der Waals surface area contributed by atoms with Crippen molar-refractivity contribution in [2.75, 3.05) is 36.5 Å². The molecule has 0 saturated carbocycles. The van der Waals surface area contributed by atoms with Gasteiger partial charge in [0, 0.05) is 20.1 Å². The molecule has 0 spiro atoms. The molecule has 0 radical (unpaired) electrons. The minimum Gasteiger partial charge on any atom is -0.432 e. The lowest BCUT2D eigenvalue weighted by molar-refractivity contribution is -0.0489. The molecule has 1 aromatic carbocycles. The van der Waals surface area contributed by atoms with Gasteiger partial charge in [0.05, 0.1) is 19.4 Å². The number of alkyl halides is 2. The van der Waals surface area contributed by atoms with Gasteiger partial charge in [-0.25, -0.2) is 4.79 Å². The van der Waals surface area contributed by atoms with Crippen molar-refractivity contribution in [3.63, 3.8) is 0 Å². The highest BCUT2D eigenvalue weighted by Crippen LogP contribution is 2.37. The number of nitriles is 1. The van der Waals surface area contributed by atoms with Crippen LogP contribution in [0.1, 0.15) is 5.56 Å². The summed E-state index contributed by atoms with van der Waals surface area (Å²) in [5, 5.41) is 15.4. The van der Waals surface area contributed by atoms with Gasteiger partial charge in [-0.15, -0.1) is 0 Å². The maximum absolute atomic E-state index is 12.8. The molecule has 31 heavy (non-hydrogen) atoms. The van der Waals surface area contributed by atoms with E-state index < -0.39 is 12.7 Å². The van der Waals surface area contributed by atoms with E-state index in [1.165, 1.54) is 30.1 Å². The van der Waals surface area contributed by atoms with E-state index in [0.29, 0.717) is 26.3 Å². The molecule has 3 heterocycles. The summed E-state index contributed by atoms with van der Waals surface area (Å²) in [5.41, 5.74) is 0.0743. The molecule has 1 aliphatic heterocycles. The van der Waals surface area contributed by atoms with E-state index in [9.17, 15) is 13.6 Å². The number of aromatic nitrogens is 3. The quantitative estimate of drug-likeness (QED) is 0.644. The Morgan fingerprint density at radius 2 is 2.06 bits per heavy atom. The predicted molar refractivity (Wildman–Crippen MR) is 101 cm³/mol. The van der Waals surface area contributed by atoms with E-state index >= 15 is 0 Å². The summed E-state index contributed by atoms with van der Waals surface area (Å²) in [6.07, 6.45) is 0.350. The number of hydrogen-bond donors (Lipinski definition) is 1. The number of amides is 1. The Morgan fingerprint density at radius 3 is 2.77 bits per heavy atom. The fraction of sp³-hybridized carbons (Fsp3) is 0.333. The first-order valence-electron chi connectivity index (χ1n) is 9.08. The Kier molecular flexibility index (Phi) is 5.54. The summed E-state index contributed by atoms with van der Waals surface area (Å²) in [6, 6.07) is 4.51. The average molecular weight is 434 g/mol. The van der Waals surface area contributed by atoms with Crippen molar-refractivity contribution in [1.29, 1.82) is 5.26 Å². The summed E-state index contributed by atoms with van der Waals surface area (Å²) < 4.78 is 47.7. The number of hydrogen-bond acceptors (Lipinski definition) is 9. The third-order valence-corrected chi connectivity index (χ3v) is 4.44. The van der Waals surface area contributed by atoms with Crippen molar-refractivity contribution < 1.29 is 32.2 Å². The third-order valence-electron chi connectivity index (χ3n) is 4.44.